The van der Waals surface area contributed by atoms with Crippen LogP contribution in [0.4, 0.5) is 10.5 Å². The first-order chi connectivity index (χ1) is 9.47. The average molecular weight is 276 g/mol. The number of hydrogen-bond acceptors (Lipinski definition) is 3. The molecule has 106 valence electrons. The smallest absolute Gasteiger partial charge is 0.337 e. The van der Waals surface area contributed by atoms with Gasteiger partial charge in [-0.1, -0.05) is 19.3 Å². The van der Waals surface area contributed by atoms with Gasteiger partial charge in [-0.3, -0.25) is 0 Å². The molecule has 0 saturated carbocycles. The van der Waals surface area contributed by atoms with Crippen LogP contribution >= 0.6 is 0 Å². The fraction of sp³-hybridized carbons (Fsp3) is 0.286. The first kappa shape index (κ1) is 15.4. The zero-order valence-corrected chi connectivity index (χ0v) is 11.0. The number of aromatic hydroxyl groups is 1. The minimum atomic E-state index is -1.25. The van der Waals surface area contributed by atoms with E-state index >= 15 is 0 Å². The monoisotopic (exact) mass is 276 g/mol. The number of amides is 2. The van der Waals surface area contributed by atoms with Crippen LogP contribution < -0.4 is 10.6 Å². The number of rotatable bonds is 5. The largest absolute Gasteiger partial charge is 0.508 e. The molecule has 1 unspecified atom stereocenters. The normalized spacial score (nSPS) is 11.2. The highest BCUT2D eigenvalue weighted by atomic mass is 16.4. The van der Waals surface area contributed by atoms with E-state index in [0.717, 1.165) is 12.5 Å². The fourth-order valence-electron chi connectivity index (χ4n) is 1.62. The summed E-state index contributed by atoms with van der Waals surface area (Å²) in [5, 5.41) is 23.2. The quantitative estimate of drug-likeness (QED) is 0.488. The van der Waals surface area contributed by atoms with Gasteiger partial charge < -0.3 is 20.8 Å². The summed E-state index contributed by atoms with van der Waals surface area (Å²) in [5.41, 5.74) is -0.118. The second-order valence-electron chi connectivity index (χ2n) is 4.14. The third kappa shape index (κ3) is 4.21. The molecule has 0 aliphatic carbocycles. The highest BCUT2D eigenvalue weighted by Crippen LogP contribution is 2.21. The maximum Gasteiger partial charge on any atom is 0.337 e. The standard InChI is InChI=1S/C14H16N2O4/c1-3-5-9(4-2)15-14(20)16-12-7-6-10(17)8-11(12)13(18)19/h2,6-9,17H,3,5H2,1H3,(H,18,19)(H2,15,16,20). The van der Waals surface area contributed by atoms with Crippen LogP contribution in [0.3, 0.4) is 0 Å². The Hall–Kier alpha value is -2.68. The molecule has 6 heteroatoms. The van der Waals surface area contributed by atoms with Crippen molar-refractivity contribution in [1.29, 1.82) is 0 Å². The molecule has 0 bridgehead atoms. The number of carbonyl (C=O) groups is 2. The summed E-state index contributed by atoms with van der Waals surface area (Å²) in [7, 11) is 0. The lowest BCUT2D eigenvalue weighted by Gasteiger charge is -2.14. The maximum atomic E-state index is 11.7. The SMILES string of the molecule is C#CC(CCC)NC(=O)Nc1ccc(O)cc1C(=O)O. The Labute approximate surface area is 116 Å². The van der Waals surface area contributed by atoms with Gasteiger partial charge >= 0.3 is 12.0 Å². The van der Waals surface area contributed by atoms with E-state index in [9.17, 15) is 14.7 Å². The van der Waals surface area contributed by atoms with Gasteiger partial charge in [0, 0.05) is 0 Å². The van der Waals surface area contributed by atoms with Gasteiger partial charge in [-0.2, -0.15) is 0 Å². The Bertz CT molecular complexity index is 549. The first-order valence-electron chi connectivity index (χ1n) is 6.07. The number of terminal acetylenes is 1. The Kier molecular flexibility index (Phi) is 5.42. The molecule has 0 aliphatic heterocycles. The van der Waals surface area contributed by atoms with Crippen molar-refractivity contribution < 1.29 is 19.8 Å². The van der Waals surface area contributed by atoms with E-state index in [1.165, 1.54) is 12.1 Å². The van der Waals surface area contributed by atoms with Crippen molar-refractivity contribution >= 4 is 17.7 Å². The number of carbonyl (C=O) groups excluding carboxylic acids is 1. The molecule has 4 N–H and O–H groups in total. The third-order valence-electron chi connectivity index (χ3n) is 2.57. The first-order valence-corrected chi connectivity index (χ1v) is 6.07. The van der Waals surface area contributed by atoms with Crippen LogP contribution in [-0.4, -0.2) is 28.3 Å². The molecule has 0 aromatic heterocycles. The molecule has 0 radical (unpaired) electrons. The van der Waals surface area contributed by atoms with E-state index in [0.29, 0.717) is 6.42 Å². The zero-order chi connectivity index (χ0) is 15.1. The second-order valence-corrected chi connectivity index (χ2v) is 4.14. The van der Waals surface area contributed by atoms with Crippen molar-refractivity contribution in [3.8, 4) is 18.1 Å². The van der Waals surface area contributed by atoms with Crippen LogP contribution in [0.25, 0.3) is 0 Å². The number of hydrogen-bond donors (Lipinski definition) is 4. The number of benzene rings is 1. The van der Waals surface area contributed by atoms with Crippen LogP contribution in [0.15, 0.2) is 18.2 Å². The van der Waals surface area contributed by atoms with Gasteiger partial charge in [-0.25, -0.2) is 9.59 Å². The zero-order valence-electron chi connectivity index (χ0n) is 11.0. The van der Waals surface area contributed by atoms with E-state index in [1.54, 1.807) is 0 Å². The third-order valence-corrected chi connectivity index (χ3v) is 2.57. The molecule has 1 atom stereocenters. The molecule has 1 rings (SSSR count). The number of nitrogens with one attached hydrogen (secondary N) is 2. The number of aromatic carboxylic acids is 1. The summed E-state index contributed by atoms with van der Waals surface area (Å²) in [5.74, 6) is 0.993. The minimum Gasteiger partial charge on any atom is -0.508 e. The van der Waals surface area contributed by atoms with Crippen LogP contribution in [0.5, 0.6) is 5.75 Å². The van der Waals surface area contributed by atoms with E-state index in [4.69, 9.17) is 11.5 Å². The molecule has 2 amide bonds. The van der Waals surface area contributed by atoms with Crippen molar-refractivity contribution in [2.24, 2.45) is 0 Å². The lowest BCUT2D eigenvalue weighted by molar-refractivity contribution is 0.0697. The number of urea groups is 1. The summed E-state index contributed by atoms with van der Waals surface area (Å²) in [6.07, 6.45) is 6.72. The molecule has 0 spiro atoms. The minimum absolute atomic E-state index is 0.0834. The Morgan fingerprint density at radius 1 is 1.45 bits per heavy atom. The van der Waals surface area contributed by atoms with Crippen molar-refractivity contribution in [3.63, 3.8) is 0 Å². The van der Waals surface area contributed by atoms with Crippen molar-refractivity contribution in [1.82, 2.24) is 5.32 Å². The number of phenolic OH excluding ortho intramolecular Hbond substituents is 1. The van der Waals surface area contributed by atoms with Gasteiger partial charge in [0.1, 0.15) is 5.75 Å². The van der Waals surface area contributed by atoms with Gasteiger partial charge in [0.2, 0.25) is 0 Å². The Balaban J connectivity index is 2.81. The van der Waals surface area contributed by atoms with E-state index in [2.05, 4.69) is 16.6 Å². The number of anilines is 1. The van der Waals surface area contributed by atoms with Crippen LogP contribution in [0.2, 0.25) is 0 Å². The van der Waals surface area contributed by atoms with Gasteiger partial charge in [0.15, 0.2) is 0 Å². The van der Waals surface area contributed by atoms with Gasteiger partial charge in [-0.15, -0.1) is 6.42 Å². The van der Waals surface area contributed by atoms with E-state index in [-0.39, 0.29) is 17.0 Å². The highest BCUT2D eigenvalue weighted by Gasteiger charge is 2.14. The average Bonchev–Trinajstić information content (AvgIpc) is 2.40. The van der Waals surface area contributed by atoms with E-state index < -0.39 is 18.0 Å². The van der Waals surface area contributed by atoms with Crippen LogP contribution in [0.1, 0.15) is 30.1 Å². The molecule has 0 aliphatic rings. The van der Waals surface area contributed by atoms with Crippen LogP contribution in [-0.2, 0) is 0 Å². The summed E-state index contributed by atoms with van der Waals surface area (Å²) in [6.45, 7) is 1.94. The van der Waals surface area contributed by atoms with Gasteiger partial charge in [0.05, 0.1) is 17.3 Å². The molecular formula is C14H16N2O4. The van der Waals surface area contributed by atoms with Crippen molar-refractivity contribution in [3.05, 3.63) is 23.8 Å². The Morgan fingerprint density at radius 2 is 2.15 bits per heavy atom. The second kappa shape index (κ2) is 7.04. The molecular weight excluding hydrogens is 260 g/mol. The van der Waals surface area contributed by atoms with Gasteiger partial charge in [0.25, 0.3) is 0 Å². The summed E-state index contributed by atoms with van der Waals surface area (Å²) < 4.78 is 0. The molecule has 20 heavy (non-hydrogen) atoms. The maximum absolute atomic E-state index is 11.7. The lowest BCUT2D eigenvalue weighted by Crippen LogP contribution is -2.37. The Morgan fingerprint density at radius 3 is 2.70 bits per heavy atom. The lowest BCUT2D eigenvalue weighted by atomic mass is 10.1. The predicted octanol–water partition coefficient (Wildman–Crippen LogP) is 2.01. The summed E-state index contributed by atoms with van der Waals surface area (Å²) >= 11 is 0. The molecule has 6 nitrogen and oxygen atoms in total. The predicted molar refractivity (Wildman–Crippen MR) is 74.7 cm³/mol. The topological polar surface area (TPSA) is 98.7 Å². The summed E-state index contributed by atoms with van der Waals surface area (Å²) in [6, 6.07) is 2.65. The van der Waals surface area contributed by atoms with Crippen LogP contribution in [0, 0.1) is 12.3 Å². The molecule has 1 aromatic carbocycles. The number of phenols is 1. The number of carboxylic acids is 1. The fourth-order valence-corrected chi connectivity index (χ4v) is 1.62. The van der Waals surface area contributed by atoms with Crippen molar-refractivity contribution in [2.75, 3.05) is 5.32 Å². The molecule has 0 heterocycles. The highest BCUT2D eigenvalue weighted by molar-refractivity contribution is 6.00. The summed E-state index contributed by atoms with van der Waals surface area (Å²) in [4.78, 5) is 22.8. The van der Waals surface area contributed by atoms with Crippen molar-refractivity contribution in [2.45, 2.75) is 25.8 Å². The molecule has 1 aromatic rings. The van der Waals surface area contributed by atoms with Gasteiger partial charge in [-0.05, 0) is 24.6 Å². The van der Waals surface area contributed by atoms with E-state index in [1.807, 2.05) is 6.92 Å². The molecule has 0 fully saturated rings. The molecule has 0 saturated heterocycles. The number of carboxylic acid groups (broad SMARTS) is 1.